The van der Waals surface area contributed by atoms with Crippen molar-refractivity contribution in [2.24, 2.45) is 0 Å². The highest BCUT2D eigenvalue weighted by atomic mass is 16.5. The fourth-order valence-electron chi connectivity index (χ4n) is 3.05. The number of nitrogens with one attached hydrogen (secondary N) is 1. The van der Waals surface area contributed by atoms with E-state index in [-0.39, 0.29) is 5.91 Å². The van der Waals surface area contributed by atoms with E-state index in [2.05, 4.69) is 15.2 Å². The minimum Gasteiger partial charge on any atom is -0.496 e. The molecule has 1 amide bonds. The normalized spacial score (nSPS) is 14.4. The van der Waals surface area contributed by atoms with Crippen molar-refractivity contribution < 1.29 is 18.7 Å². The van der Waals surface area contributed by atoms with Crippen molar-refractivity contribution in [1.29, 1.82) is 0 Å². The number of benzene rings is 2. The van der Waals surface area contributed by atoms with E-state index >= 15 is 0 Å². The number of aryl methyl sites for hydroxylation is 1. The molecule has 1 aromatic heterocycles. The predicted octanol–water partition coefficient (Wildman–Crippen LogP) is 3.23. The molecule has 0 saturated carbocycles. The molecule has 1 aliphatic heterocycles. The molecular formula is C20H21N3O4. The molecule has 0 bridgehead atoms. The van der Waals surface area contributed by atoms with Crippen LogP contribution in [0.2, 0.25) is 0 Å². The van der Waals surface area contributed by atoms with Crippen LogP contribution in [-0.4, -0.2) is 44.3 Å². The minimum absolute atomic E-state index is 0.204. The highest BCUT2D eigenvalue weighted by Gasteiger charge is 2.17. The van der Waals surface area contributed by atoms with Gasteiger partial charge in [-0.2, -0.15) is 4.98 Å². The van der Waals surface area contributed by atoms with Gasteiger partial charge in [-0.05, 0) is 42.8 Å². The van der Waals surface area contributed by atoms with Crippen molar-refractivity contribution in [3.63, 3.8) is 0 Å². The number of hydrogen-bond donors (Lipinski definition) is 1. The van der Waals surface area contributed by atoms with Crippen LogP contribution >= 0.6 is 0 Å². The summed E-state index contributed by atoms with van der Waals surface area (Å²) in [6, 6.07) is 11.4. The third-order valence-corrected chi connectivity index (χ3v) is 4.59. The first-order chi connectivity index (χ1) is 13.1. The number of amides is 1. The Morgan fingerprint density at radius 1 is 1.19 bits per heavy atom. The van der Waals surface area contributed by atoms with Gasteiger partial charge in [-0.25, -0.2) is 0 Å². The molecule has 1 saturated heterocycles. The van der Waals surface area contributed by atoms with Gasteiger partial charge >= 0.3 is 0 Å². The smallest absolute Gasteiger partial charge is 0.298 e. The van der Waals surface area contributed by atoms with Gasteiger partial charge in [-0.3, -0.25) is 4.79 Å². The molecule has 1 aliphatic rings. The van der Waals surface area contributed by atoms with Gasteiger partial charge in [-0.15, -0.1) is 0 Å². The lowest BCUT2D eigenvalue weighted by Crippen LogP contribution is -2.36. The predicted molar refractivity (Wildman–Crippen MR) is 103 cm³/mol. The van der Waals surface area contributed by atoms with Gasteiger partial charge in [0.25, 0.3) is 11.9 Å². The number of methoxy groups -OCH3 is 1. The molecule has 2 heterocycles. The summed E-state index contributed by atoms with van der Waals surface area (Å²) in [5, 5.41) is 2.90. The first kappa shape index (κ1) is 17.4. The summed E-state index contributed by atoms with van der Waals surface area (Å²) in [5.41, 5.74) is 3.57. The zero-order valence-corrected chi connectivity index (χ0v) is 15.3. The Morgan fingerprint density at radius 3 is 2.78 bits per heavy atom. The van der Waals surface area contributed by atoms with E-state index in [1.54, 1.807) is 25.3 Å². The van der Waals surface area contributed by atoms with E-state index < -0.39 is 0 Å². The van der Waals surface area contributed by atoms with Crippen LogP contribution < -0.4 is 15.0 Å². The summed E-state index contributed by atoms with van der Waals surface area (Å²) in [6.07, 6.45) is 0. The van der Waals surface area contributed by atoms with Crippen LogP contribution in [-0.2, 0) is 4.74 Å². The summed E-state index contributed by atoms with van der Waals surface area (Å²) in [6.45, 7) is 4.78. The third-order valence-electron chi connectivity index (χ3n) is 4.59. The quantitative estimate of drug-likeness (QED) is 0.763. The lowest BCUT2D eigenvalue weighted by atomic mass is 10.1. The maximum atomic E-state index is 12.5. The van der Waals surface area contributed by atoms with E-state index in [0.29, 0.717) is 47.3 Å². The van der Waals surface area contributed by atoms with Crippen LogP contribution in [0, 0.1) is 6.92 Å². The summed E-state index contributed by atoms with van der Waals surface area (Å²) in [7, 11) is 1.59. The number of fused-ring (bicyclic) bond motifs is 1. The van der Waals surface area contributed by atoms with Crippen LogP contribution in [0.3, 0.4) is 0 Å². The molecule has 2 aromatic carbocycles. The Kier molecular flexibility index (Phi) is 4.68. The molecule has 1 fully saturated rings. The standard InChI is InChI=1S/C20H21N3O4/c1-13-3-4-14(11-18(13)25-2)19(24)21-15-5-6-17-16(12-15)22-20(27-17)23-7-9-26-10-8-23/h3-6,11-12H,7-10H2,1-2H3,(H,21,24). The molecule has 7 nitrogen and oxygen atoms in total. The number of oxazole rings is 1. The Bertz CT molecular complexity index is 977. The molecule has 1 N–H and O–H groups in total. The molecule has 4 rings (SSSR count). The number of rotatable bonds is 4. The highest BCUT2D eigenvalue weighted by molar-refractivity contribution is 6.05. The Hall–Kier alpha value is -3.06. The number of aromatic nitrogens is 1. The van der Waals surface area contributed by atoms with Gasteiger partial charge in [0.2, 0.25) is 0 Å². The van der Waals surface area contributed by atoms with E-state index in [1.807, 2.05) is 25.1 Å². The molecule has 140 valence electrons. The van der Waals surface area contributed by atoms with Gasteiger partial charge in [0.15, 0.2) is 5.58 Å². The van der Waals surface area contributed by atoms with E-state index in [4.69, 9.17) is 13.9 Å². The number of hydrogen-bond acceptors (Lipinski definition) is 6. The number of carbonyl (C=O) groups is 1. The van der Waals surface area contributed by atoms with Gasteiger partial charge in [0.05, 0.1) is 20.3 Å². The van der Waals surface area contributed by atoms with Gasteiger partial charge in [0.1, 0.15) is 11.3 Å². The second-order valence-electron chi connectivity index (χ2n) is 6.42. The summed E-state index contributed by atoms with van der Waals surface area (Å²) in [4.78, 5) is 19.2. The van der Waals surface area contributed by atoms with Gasteiger partial charge in [-0.1, -0.05) is 6.07 Å². The number of carbonyl (C=O) groups excluding carboxylic acids is 1. The average Bonchev–Trinajstić information content (AvgIpc) is 3.12. The van der Waals surface area contributed by atoms with E-state index in [9.17, 15) is 4.79 Å². The SMILES string of the molecule is COc1cc(C(=O)Nc2ccc3oc(N4CCOCC4)nc3c2)ccc1C. The molecule has 0 aliphatic carbocycles. The molecule has 3 aromatic rings. The fourth-order valence-corrected chi connectivity index (χ4v) is 3.05. The lowest BCUT2D eigenvalue weighted by molar-refractivity contribution is 0.102. The molecular weight excluding hydrogens is 346 g/mol. The highest BCUT2D eigenvalue weighted by Crippen LogP contribution is 2.26. The van der Waals surface area contributed by atoms with E-state index in [1.165, 1.54) is 0 Å². The summed E-state index contributed by atoms with van der Waals surface area (Å²) < 4.78 is 16.5. The first-order valence-electron chi connectivity index (χ1n) is 8.83. The van der Waals surface area contributed by atoms with Crippen molar-refractivity contribution in [1.82, 2.24) is 4.98 Å². The van der Waals surface area contributed by atoms with Crippen molar-refractivity contribution >= 4 is 28.7 Å². The monoisotopic (exact) mass is 367 g/mol. The number of anilines is 2. The molecule has 27 heavy (non-hydrogen) atoms. The molecule has 0 spiro atoms. The maximum absolute atomic E-state index is 12.5. The minimum atomic E-state index is -0.204. The van der Waals surface area contributed by atoms with E-state index in [0.717, 1.165) is 18.7 Å². The molecule has 0 radical (unpaired) electrons. The maximum Gasteiger partial charge on any atom is 0.298 e. The van der Waals surface area contributed by atoms with Crippen LogP contribution in [0.25, 0.3) is 11.1 Å². The molecule has 0 unspecified atom stereocenters. The summed E-state index contributed by atoms with van der Waals surface area (Å²) >= 11 is 0. The van der Waals surface area contributed by atoms with Crippen LogP contribution in [0.4, 0.5) is 11.7 Å². The zero-order valence-electron chi connectivity index (χ0n) is 15.3. The summed E-state index contributed by atoms with van der Waals surface area (Å²) in [5.74, 6) is 0.481. The van der Waals surface area contributed by atoms with Crippen LogP contribution in [0.1, 0.15) is 15.9 Å². The Balaban J connectivity index is 1.54. The van der Waals surface area contributed by atoms with Crippen LogP contribution in [0.5, 0.6) is 5.75 Å². The fraction of sp³-hybridized carbons (Fsp3) is 0.300. The number of nitrogens with zero attached hydrogens (tertiary/aromatic N) is 2. The number of ether oxygens (including phenoxy) is 2. The Morgan fingerprint density at radius 2 is 2.00 bits per heavy atom. The Labute approximate surface area is 156 Å². The topological polar surface area (TPSA) is 76.8 Å². The largest absolute Gasteiger partial charge is 0.496 e. The lowest BCUT2D eigenvalue weighted by Gasteiger charge is -2.24. The molecule has 7 heteroatoms. The van der Waals surface area contributed by atoms with Gasteiger partial charge in [0, 0.05) is 24.3 Å². The average molecular weight is 367 g/mol. The van der Waals surface area contributed by atoms with Crippen molar-refractivity contribution in [2.45, 2.75) is 6.92 Å². The van der Waals surface area contributed by atoms with Crippen LogP contribution in [0.15, 0.2) is 40.8 Å². The van der Waals surface area contributed by atoms with Gasteiger partial charge < -0.3 is 24.1 Å². The second-order valence-corrected chi connectivity index (χ2v) is 6.42. The van der Waals surface area contributed by atoms with Crippen molar-refractivity contribution in [3.05, 3.63) is 47.5 Å². The third kappa shape index (κ3) is 3.59. The second kappa shape index (κ2) is 7.28. The van der Waals surface area contributed by atoms with Crippen molar-refractivity contribution in [2.75, 3.05) is 43.6 Å². The van der Waals surface area contributed by atoms with Crippen molar-refractivity contribution in [3.8, 4) is 5.75 Å². The number of morpholine rings is 1. The zero-order chi connectivity index (χ0) is 18.8. The first-order valence-corrected chi connectivity index (χ1v) is 8.83. The molecule has 0 atom stereocenters.